The molecule has 3 heteroatoms. The Balaban J connectivity index is 2.11. The van der Waals surface area contributed by atoms with Crippen LogP contribution in [0.1, 0.15) is 15.9 Å². The summed E-state index contributed by atoms with van der Waals surface area (Å²) in [5, 5.41) is 0. The molecule has 0 saturated carbocycles. The zero-order valence-corrected chi connectivity index (χ0v) is 11.1. The van der Waals surface area contributed by atoms with Crippen LogP contribution in [0.4, 0.5) is 0 Å². The zero-order valence-electron chi connectivity index (χ0n) is 11.1. The van der Waals surface area contributed by atoms with Crippen molar-refractivity contribution in [3.63, 3.8) is 0 Å². The lowest BCUT2D eigenvalue weighted by Gasteiger charge is -2.05. The van der Waals surface area contributed by atoms with Gasteiger partial charge in [-0.3, -0.25) is 4.79 Å². The normalized spacial score (nSPS) is 10.0. The highest BCUT2D eigenvalue weighted by molar-refractivity contribution is 5.97. The Labute approximate surface area is 112 Å². The molecular formula is C16H16O3. The molecule has 2 aromatic carbocycles. The number of carbonyl (C=O) groups is 1. The summed E-state index contributed by atoms with van der Waals surface area (Å²) in [7, 11) is 3.21. The van der Waals surface area contributed by atoms with Gasteiger partial charge in [-0.25, -0.2) is 0 Å². The number of hydrogen-bond acceptors (Lipinski definition) is 3. The molecule has 0 aliphatic rings. The van der Waals surface area contributed by atoms with Crippen molar-refractivity contribution >= 4 is 5.78 Å². The molecule has 0 aliphatic carbocycles. The monoisotopic (exact) mass is 256 g/mol. The van der Waals surface area contributed by atoms with Crippen LogP contribution in [0, 0.1) is 0 Å². The zero-order chi connectivity index (χ0) is 13.7. The van der Waals surface area contributed by atoms with Crippen molar-refractivity contribution in [3.8, 4) is 11.5 Å². The highest BCUT2D eigenvalue weighted by Crippen LogP contribution is 2.16. The Bertz CT molecular complexity index is 558. The molecule has 0 bridgehead atoms. The third-order valence-electron chi connectivity index (χ3n) is 2.92. The minimum atomic E-state index is 0.0732. The van der Waals surface area contributed by atoms with Gasteiger partial charge < -0.3 is 9.47 Å². The number of methoxy groups -OCH3 is 2. The van der Waals surface area contributed by atoms with Crippen molar-refractivity contribution in [2.45, 2.75) is 6.42 Å². The summed E-state index contributed by atoms with van der Waals surface area (Å²) >= 11 is 0. The second kappa shape index (κ2) is 6.05. The fourth-order valence-corrected chi connectivity index (χ4v) is 1.83. The lowest BCUT2D eigenvalue weighted by atomic mass is 10.0. The maximum absolute atomic E-state index is 12.1. The van der Waals surface area contributed by atoms with Gasteiger partial charge in [-0.15, -0.1) is 0 Å². The van der Waals surface area contributed by atoms with Crippen LogP contribution in [0.2, 0.25) is 0 Å². The van der Waals surface area contributed by atoms with Crippen LogP contribution in [0.25, 0.3) is 0 Å². The first-order valence-electron chi connectivity index (χ1n) is 6.03. The van der Waals surface area contributed by atoms with E-state index in [2.05, 4.69) is 0 Å². The van der Waals surface area contributed by atoms with E-state index in [9.17, 15) is 4.79 Å². The van der Waals surface area contributed by atoms with Gasteiger partial charge in [0.25, 0.3) is 0 Å². The second-order valence-corrected chi connectivity index (χ2v) is 4.18. The van der Waals surface area contributed by atoms with Gasteiger partial charge in [0.2, 0.25) is 0 Å². The van der Waals surface area contributed by atoms with E-state index >= 15 is 0 Å². The van der Waals surface area contributed by atoms with E-state index in [-0.39, 0.29) is 5.78 Å². The minimum absolute atomic E-state index is 0.0732. The first-order chi connectivity index (χ1) is 9.22. The van der Waals surface area contributed by atoms with E-state index in [1.807, 2.05) is 36.4 Å². The van der Waals surface area contributed by atoms with Crippen molar-refractivity contribution < 1.29 is 14.3 Å². The molecule has 0 radical (unpaired) electrons. The Hall–Kier alpha value is -2.29. The van der Waals surface area contributed by atoms with Crippen LogP contribution < -0.4 is 9.47 Å². The fraction of sp³-hybridized carbons (Fsp3) is 0.188. The molecule has 19 heavy (non-hydrogen) atoms. The van der Waals surface area contributed by atoms with E-state index < -0.39 is 0 Å². The number of hydrogen-bond donors (Lipinski definition) is 0. The van der Waals surface area contributed by atoms with Gasteiger partial charge in [0.1, 0.15) is 11.5 Å². The van der Waals surface area contributed by atoms with Gasteiger partial charge >= 0.3 is 0 Å². The lowest BCUT2D eigenvalue weighted by Crippen LogP contribution is -2.03. The topological polar surface area (TPSA) is 35.5 Å². The SMILES string of the molecule is COc1ccc(CC(=O)c2cccc(OC)c2)cc1. The van der Waals surface area contributed by atoms with E-state index in [1.54, 1.807) is 26.4 Å². The van der Waals surface area contributed by atoms with E-state index in [4.69, 9.17) is 9.47 Å². The van der Waals surface area contributed by atoms with Crippen molar-refractivity contribution in [2.75, 3.05) is 14.2 Å². The summed E-state index contributed by atoms with van der Waals surface area (Å²) in [5.74, 6) is 1.56. The molecule has 3 nitrogen and oxygen atoms in total. The molecule has 0 fully saturated rings. The molecular weight excluding hydrogens is 240 g/mol. The molecule has 0 amide bonds. The van der Waals surface area contributed by atoms with Gasteiger partial charge in [-0.2, -0.15) is 0 Å². The number of rotatable bonds is 5. The van der Waals surface area contributed by atoms with E-state index in [1.165, 1.54) is 0 Å². The summed E-state index contributed by atoms with van der Waals surface area (Å²) in [6, 6.07) is 14.7. The summed E-state index contributed by atoms with van der Waals surface area (Å²) in [5.41, 5.74) is 1.63. The van der Waals surface area contributed by atoms with Crippen LogP contribution in [-0.4, -0.2) is 20.0 Å². The van der Waals surface area contributed by atoms with Gasteiger partial charge in [0.15, 0.2) is 5.78 Å². The number of ether oxygens (including phenoxy) is 2. The summed E-state index contributed by atoms with van der Waals surface area (Å²) in [6.45, 7) is 0. The molecule has 2 aromatic rings. The smallest absolute Gasteiger partial charge is 0.167 e. The Kier molecular flexibility index (Phi) is 4.18. The summed E-state index contributed by atoms with van der Waals surface area (Å²) in [6.07, 6.45) is 0.372. The summed E-state index contributed by atoms with van der Waals surface area (Å²) < 4.78 is 10.2. The largest absolute Gasteiger partial charge is 0.497 e. The van der Waals surface area contributed by atoms with Crippen molar-refractivity contribution in [3.05, 3.63) is 59.7 Å². The van der Waals surface area contributed by atoms with Crippen LogP contribution in [0.15, 0.2) is 48.5 Å². The van der Waals surface area contributed by atoms with Crippen LogP contribution >= 0.6 is 0 Å². The third kappa shape index (κ3) is 3.35. The van der Waals surface area contributed by atoms with Gasteiger partial charge in [0, 0.05) is 12.0 Å². The maximum atomic E-state index is 12.1. The van der Waals surface area contributed by atoms with Gasteiger partial charge in [-0.1, -0.05) is 24.3 Å². The highest BCUT2D eigenvalue weighted by Gasteiger charge is 2.08. The predicted octanol–water partition coefficient (Wildman–Crippen LogP) is 3.13. The second-order valence-electron chi connectivity index (χ2n) is 4.18. The van der Waals surface area contributed by atoms with E-state index in [0.29, 0.717) is 17.7 Å². The Morgan fingerprint density at radius 1 is 0.947 bits per heavy atom. The minimum Gasteiger partial charge on any atom is -0.497 e. The van der Waals surface area contributed by atoms with Gasteiger partial charge in [-0.05, 0) is 29.8 Å². The van der Waals surface area contributed by atoms with Crippen LogP contribution in [0.5, 0.6) is 11.5 Å². The Morgan fingerprint density at radius 2 is 1.63 bits per heavy atom. The quantitative estimate of drug-likeness (QED) is 0.771. The standard InChI is InChI=1S/C16H16O3/c1-18-14-8-6-12(7-9-14)10-16(17)13-4-3-5-15(11-13)19-2/h3-9,11H,10H2,1-2H3. The molecule has 98 valence electrons. The molecule has 0 heterocycles. The lowest BCUT2D eigenvalue weighted by molar-refractivity contribution is 0.0992. The third-order valence-corrected chi connectivity index (χ3v) is 2.92. The molecule has 0 saturated heterocycles. The van der Waals surface area contributed by atoms with Crippen LogP contribution in [0.3, 0.4) is 0 Å². The predicted molar refractivity (Wildman–Crippen MR) is 74.0 cm³/mol. The first kappa shape index (κ1) is 13.1. The number of ketones is 1. The average Bonchev–Trinajstić information content (AvgIpc) is 2.48. The average molecular weight is 256 g/mol. The molecule has 0 aliphatic heterocycles. The maximum Gasteiger partial charge on any atom is 0.167 e. The van der Waals surface area contributed by atoms with Crippen molar-refractivity contribution in [1.82, 2.24) is 0 Å². The van der Waals surface area contributed by atoms with Crippen molar-refractivity contribution in [1.29, 1.82) is 0 Å². The molecule has 2 rings (SSSR count). The Morgan fingerprint density at radius 3 is 2.26 bits per heavy atom. The number of carbonyl (C=O) groups excluding carboxylic acids is 1. The highest BCUT2D eigenvalue weighted by atomic mass is 16.5. The first-order valence-corrected chi connectivity index (χ1v) is 6.03. The molecule has 0 N–H and O–H groups in total. The van der Waals surface area contributed by atoms with Crippen LogP contribution in [-0.2, 0) is 6.42 Å². The van der Waals surface area contributed by atoms with Crippen molar-refractivity contribution in [2.24, 2.45) is 0 Å². The van der Waals surface area contributed by atoms with Gasteiger partial charge in [0.05, 0.1) is 14.2 Å². The molecule has 0 unspecified atom stereocenters. The summed E-state index contributed by atoms with van der Waals surface area (Å²) in [4.78, 5) is 12.1. The number of Topliss-reactive ketones (excluding diaryl/α,β-unsaturated/α-hetero) is 1. The molecule has 0 aromatic heterocycles. The fourth-order valence-electron chi connectivity index (χ4n) is 1.83. The molecule has 0 spiro atoms. The molecule has 0 atom stereocenters. The van der Waals surface area contributed by atoms with E-state index in [0.717, 1.165) is 11.3 Å². The number of benzene rings is 2.